The Morgan fingerprint density at radius 3 is 2.11 bits per heavy atom. The predicted octanol–water partition coefficient (Wildman–Crippen LogP) is 3.53. The lowest BCUT2D eigenvalue weighted by molar-refractivity contribution is 0.598. The minimum absolute atomic E-state index is 0.0989. The smallest absolute Gasteiger partial charge is 0.263 e. The van der Waals surface area contributed by atoms with Gasteiger partial charge >= 0.3 is 0 Å². The molecule has 0 atom stereocenters. The van der Waals surface area contributed by atoms with E-state index in [0.29, 0.717) is 0 Å². The molecule has 2 rings (SSSR count). The molecule has 0 amide bonds. The van der Waals surface area contributed by atoms with E-state index < -0.39 is 21.7 Å². The van der Waals surface area contributed by atoms with Crippen LogP contribution in [0.5, 0.6) is 0 Å². The minimum Gasteiger partial charge on any atom is -0.280 e. The van der Waals surface area contributed by atoms with Crippen LogP contribution in [0.3, 0.4) is 0 Å². The predicted molar refractivity (Wildman–Crippen MR) is 71.3 cm³/mol. The molecule has 2 aromatic carbocycles. The van der Waals surface area contributed by atoms with Crippen molar-refractivity contribution >= 4 is 31.6 Å². The number of benzene rings is 2. The van der Waals surface area contributed by atoms with Crippen LogP contribution in [0.4, 0.5) is 14.5 Å². The molecule has 0 radical (unpaired) electrons. The van der Waals surface area contributed by atoms with Gasteiger partial charge < -0.3 is 0 Å². The summed E-state index contributed by atoms with van der Waals surface area (Å²) >= 11 is 2.99. The van der Waals surface area contributed by atoms with Gasteiger partial charge in [-0.05, 0) is 58.4 Å². The summed E-state index contributed by atoms with van der Waals surface area (Å²) in [5.41, 5.74) is 0.220. The Labute approximate surface area is 117 Å². The molecule has 7 heteroatoms. The molecule has 2 aromatic rings. The maximum absolute atomic E-state index is 12.9. The van der Waals surface area contributed by atoms with Crippen LogP contribution in [0.1, 0.15) is 0 Å². The van der Waals surface area contributed by atoms with Crippen LogP contribution in [0, 0.1) is 11.6 Å². The Hall–Kier alpha value is -1.47. The van der Waals surface area contributed by atoms with Gasteiger partial charge in [0.05, 0.1) is 0 Å². The van der Waals surface area contributed by atoms with Crippen molar-refractivity contribution in [1.82, 2.24) is 0 Å². The summed E-state index contributed by atoms with van der Waals surface area (Å²) in [6, 6.07) is 8.11. The molecule has 0 fully saturated rings. The van der Waals surface area contributed by atoms with E-state index in [1.165, 1.54) is 12.1 Å². The van der Waals surface area contributed by atoms with Crippen LogP contribution in [-0.4, -0.2) is 8.42 Å². The third-order valence-corrected chi connectivity index (χ3v) is 4.64. The first-order valence-corrected chi connectivity index (χ1v) is 7.39. The van der Waals surface area contributed by atoms with E-state index in [1.54, 1.807) is 0 Å². The first-order valence-electron chi connectivity index (χ1n) is 5.12. The molecule has 19 heavy (non-hydrogen) atoms. The van der Waals surface area contributed by atoms with Crippen molar-refractivity contribution in [1.29, 1.82) is 0 Å². The van der Waals surface area contributed by atoms with Crippen LogP contribution in [-0.2, 0) is 10.0 Å². The van der Waals surface area contributed by atoms with Gasteiger partial charge in [-0.1, -0.05) is 0 Å². The van der Waals surface area contributed by atoms with Gasteiger partial charge in [0, 0.05) is 10.2 Å². The summed E-state index contributed by atoms with van der Waals surface area (Å²) in [6.07, 6.45) is 0. The molecule has 0 aliphatic rings. The van der Waals surface area contributed by atoms with E-state index >= 15 is 0 Å². The van der Waals surface area contributed by atoms with E-state index in [2.05, 4.69) is 20.7 Å². The highest BCUT2D eigenvalue weighted by Gasteiger charge is 2.18. The molecule has 0 spiro atoms. The van der Waals surface area contributed by atoms with Crippen LogP contribution in [0.25, 0.3) is 0 Å². The topological polar surface area (TPSA) is 46.2 Å². The van der Waals surface area contributed by atoms with Gasteiger partial charge in [-0.3, -0.25) is 4.72 Å². The highest BCUT2D eigenvalue weighted by molar-refractivity contribution is 9.10. The van der Waals surface area contributed by atoms with Crippen LogP contribution in [0.15, 0.2) is 51.8 Å². The second-order valence-corrected chi connectivity index (χ2v) is 6.19. The van der Waals surface area contributed by atoms with Gasteiger partial charge in [-0.15, -0.1) is 0 Å². The van der Waals surface area contributed by atoms with Gasteiger partial charge in [0.15, 0.2) is 0 Å². The summed E-state index contributed by atoms with van der Waals surface area (Å²) in [5.74, 6) is -1.02. The average Bonchev–Trinajstić information content (AvgIpc) is 2.31. The van der Waals surface area contributed by atoms with E-state index in [0.717, 1.165) is 30.3 Å². The van der Waals surface area contributed by atoms with Gasteiger partial charge in [0.1, 0.15) is 16.5 Å². The summed E-state index contributed by atoms with van der Waals surface area (Å²) < 4.78 is 52.2. The van der Waals surface area contributed by atoms with E-state index in [9.17, 15) is 17.2 Å². The molecule has 0 unspecified atom stereocenters. The van der Waals surface area contributed by atoms with Crippen molar-refractivity contribution < 1.29 is 17.2 Å². The number of hydrogen-bond donors (Lipinski definition) is 1. The molecule has 0 aliphatic carbocycles. The largest absolute Gasteiger partial charge is 0.280 e. The fraction of sp³-hybridized carbons (Fsp3) is 0. The molecule has 100 valence electrons. The molecular formula is C12H8BrF2NO2S. The van der Waals surface area contributed by atoms with Crippen LogP contribution >= 0.6 is 15.9 Å². The normalized spacial score (nSPS) is 11.3. The van der Waals surface area contributed by atoms with E-state index in [4.69, 9.17) is 0 Å². The highest BCUT2D eigenvalue weighted by atomic mass is 79.9. The quantitative estimate of drug-likeness (QED) is 0.923. The molecule has 0 heterocycles. The molecule has 0 aromatic heterocycles. The highest BCUT2D eigenvalue weighted by Crippen LogP contribution is 2.25. The van der Waals surface area contributed by atoms with Crippen molar-refractivity contribution in [3.8, 4) is 0 Å². The van der Waals surface area contributed by atoms with Gasteiger partial charge in [0.25, 0.3) is 10.0 Å². The number of nitrogens with one attached hydrogen (secondary N) is 1. The Bertz CT molecular complexity index is 702. The first-order chi connectivity index (χ1) is 8.88. The summed E-state index contributed by atoms with van der Waals surface area (Å²) in [4.78, 5) is -0.0989. The lowest BCUT2D eigenvalue weighted by atomic mass is 10.3. The standard InChI is InChI=1S/C12H8BrF2NO2S/c13-11-7-9(15)3-6-12(11)19(17,18)16-10-4-1-8(14)2-5-10/h1-7,16H. The Balaban J connectivity index is 2.35. The summed E-state index contributed by atoms with van der Waals surface area (Å²) in [7, 11) is -3.86. The number of halogens is 3. The number of rotatable bonds is 3. The molecule has 0 saturated carbocycles. The molecule has 1 N–H and O–H groups in total. The number of sulfonamides is 1. The zero-order chi connectivity index (χ0) is 14.0. The van der Waals surface area contributed by atoms with Crippen LogP contribution in [0.2, 0.25) is 0 Å². The second-order valence-electron chi connectivity index (χ2n) is 3.69. The minimum atomic E-state index is -3.86. The summed E-state index contributed by atoms with van der Waals surface area (Å²) in [6.45, 7) is 0. The molecule has 0 saturated heterocycles. The van der Waals surface area contributed by atoms with Crippen molar-refractivity contribution in [2.45, 2.75) is 4.90 Å². The number of anilines is 1. The third kappa shape index (κ3) is 3.30. The fourth-order valence-electron chi connectivity index (χ4n) is 1.42. The zero-order valence-electron chi connectivity index (χ0n) is 9.40. The van der Waals surface area contributed by atoms with Crippen molar-refractivity contribution in [3.63, 3.8) is 0 Å². The second kappa shape index (κ2) is 5.26. The van der Waals surface area contributed by atoms with Gasteiger partial charge in [-0.2, -0.15) is 0 Å². The van der Waals surface area contributed by atoms with Crippen molar-refractivity contribution in [3.05, 3.63) is 58.6 Å². The Morgan fingerprint density at radius 1 is 0.947 bits per heavy atom. The maximum Gasteiger partial charge on any atom is 0.263 e. The lowest BCUT2D eigenvalue weighted by Crippen LogP contribution is -2.13. The average molecular weight is 348 g/mol. The zero-order valence-corrected chi connectivity index (χ0v) is 11.8. The van der Waals surface area contributed by atoms with Crippen molar-refractivity contribution in [2.24, 2.45) is 0 Å². The fourth-order valence-corrected chi connectivity index (χ4v) is 3.53. The Kier molecular flexibility index (Phi) is 3.86. The number of hydrogen-bond acceptors (Lipinski definition) is 2. The van der Waals surface area contributed by atoms with Crippen molar-refractivity contribution in [2.75, 3.05) is 4.72 Å². The van der Waals surface area contributed by atoms with Crippen LogP contribution < -0.4 is 4.72 Å². The first kappa shape index (κ1) is 14.0. The lowest BCUT2D eigenvalue weighted by Gasteiger charge is -2.09. The molecular weight excluding hydrogens is 340 g/mol. The SMILES string of the molecule is O=S(=O)(Nc1ccc(F)cc1)c1ccc(F)cc1Br. The van der Waals surface area contributed by atoms with E-state index in [1.807, 2.05) is 0 Å². The third-order valence-electron chi connectivity index (χ3n) is 2.28. The molecule has 0 aliphatic heterocycles. The monoisotopic (exact) mass is 347 g/mol. The Morgan fingerprint density at radius 2 is 1.53 bits per heavy atom. The molecule has 0 bridgehead atoms. The van der Waals surface area contributed by atoms with Gasteiger partial charge in [0.2, 0.25) is 0 Å². The van der Waals surface area contributed by atoms with Gasteiger partial charge in [-0.25, -0.2) is 17.2 Å². The van der Waals surface area contributed by atoms with E-state index in [-0.39, 0.29) is 15.1 Å². The molecule has 3 nitrogen and oxygen atoms in total. The summed E-state index contributed by atoms with van der Waals surface area (Å²) in [5, 5.41) is 0. The maximum atomic E-state index is 12.9.